The first-order valence-electron chi connectivity index (χ1n) is 9.23. The molecule has 1 saturated heterocycles. The molecule has 2 amide bonds. The second-order valence-electron chi connectivity index (χ2n) is 7.87. The van der Waals surface area contributed by atoms with Crippen molar-refractivity contribution in [1.82, 2.24) is 4.90 Å². The molecule has 1 fully saturated rings. The number of ether oxygens (including phenoxy) is 2. The molecule has 1 N–H and O–H groups in total. The smallest absolute Gasteiger partial charge is 0.410 e. The number of rotatable bonds is 4. The molecule has 0 bridgehead atoms. The Morgan fingerprint density at radius 3 is 2.38 bits per heavy atom. The van der Waals surface area contributed by atoms with Crippen molar-refractivity contribution in [2.75, 3.05) is 11.9 Å². The number of carbonyl (C=O) groups is 2. The number of nitrogens with one attached hydrogen (secondary N) is 1. The monoisotopic (exact) mass is 362 g/mol. The molecule has 1 aromatic rings. The second-order valence-corrected chi connectivity index (χ2v) is 7.87. The van der Waals surface area contributed by atoms with Crippen molar-refractivity contribution < 1.29 is 19.1 Å². The van der Waals surface area contributed by atoms with E-state index in [0.29, 0.717) is 18.7 Å². The fraction of sp³-hybridized carbons (Fsp3) is 0.600. The number of benzene rings is 1. The first-order valence-corrected chi connectivity index (χ1v) is 9.23. The molecule has 1 heterocycles. The van der Waals surface area contributed by atoms with E-state index in [9.17, 15) is 9.59 Å². The van der Waals surface area contributed by atoms with E-state index in [1.165, 1.54) is 0 Å². The highest BCUT2D eigenvalue weighted by Crippen LogP contribution is 2.23. The Morgan fingerprint density at radius 1 is 1.15 bits per heavy atom. The van der Waals surface area contributed by atoms with Crippen molar-refractivity contribution in [3.8, 4) is 5.75 Å². The molecule has 6 nitrogen and oxygen atoms in total. The maximum Gasteiger partial charge on any atom is 0.410 e. The Kier molecular flexibility index (Phi) is 6.51. The molecule has 0 aliphatic carbocycles. The summed E-state index contributed by atoms with van der Waals surface area (Å²) in [6, 6.07) is 6.74. The van der Waals surface area contributed by atoms with E-state index in [4.69, 9.17) is 9.47 Å². The molecule has 1 aliphatic rings. The molecule has 0 aromatic heterocycles. The first-order chi connectivity index (χ1) is 12.2. The molecule has 2 rings (SSSR count). The van der Waals surface area contributed by atoms with Gasteiger partial charge in [0.15, 0.2) is 0 Å². The molecule has 1 atom stereocenters. The van der Waals surface area contributed by atoms with E-state index in [2.05, 4.69) is 5.32 Å². The van der Waals surface area contributed by atoms with E-state index < -0.39 is 17.7 Å². The fourth-order valence-electron chi connectivity index (χ4n) is 2.86. The largest absolute Gasteiger partial charge is 0.491 e. The minimum Gasteiger partial charge on any atom is -0.491 e. The summed E-state index contributed by atoms with van der Waals surface area (Å²) >= 11 is 0. The number of piperidine rings is 1. The van der Waals surface area contributed by atoms with Crippen molar-refractivity contribution in [3.63, 3.8) is 0 Å². The summed E-state index contributed by atoms with van der Waals surface area (Å²) < 4.78 is 11.1. The van der Waals surface area contributed by atoms with E-state index in [0.717, 1.165) is 18.6 Å². The van der Waals surface area contributed by atoms with Gasteiger partial charge in [0.05, 0.1) is 6.10 Å². The molecule has 0 unspecified atom stereocenters. The Balaban J connectivity index is 2.02. The normalized spacial score (nSPS) is 17.8. The van der Waals surface area contributed by atoms with Gasteiger partial charge < -0.3 is 14.8 Å². The molecule has 0 spiro atoms. The third-order valence-corrected chi connectivity index (χ3v) is 3.93. The quantitative estimate of drug-likeness (QED) is 0.871. The summed E-state index contributed by atoms with van der Waals surface area (Å²) in [7, 11) is 0. The van der Waals surface area contributed by atoms with Crippen molar-refractivity contribution in [1.29, 1.82) is 0 Å². The van der Waals surface area contributed by atoms with Crippen LogP contribution in [0.25, 0.3) is 0 Å². The molecule has 6 heteroatoms. The lowest BCUT2D eigenvalue weighted by Gasteiger charge is -2.35. The highest BCUT2D eigenvalue weighted by atomic mass is 16.6. The summed E-state index contributed by atoms with van der Waals surface area (Å²) in [5.74, 6) is 0.569. The van der Waals surface area contributed by atoms with Crippen LogP contribution in [0.2, 0.25) is 0 Å². The van der Waals surface area contributed by atoms with E-state index >= 15 is 0 Å². The number of anilines is 1. The summed E-state index contributed by atoms with van der Waals surface area (Å²) in [5.41, 5.74) is 0.0998. The van der Waals surface area contributed by atoms with Gasteiger partial charge in [-0.1, -0.05) is 0 Å². The maximum atomic E-state index is 12.7. The predicted molar refractivity (Wildman–Crippen MR) is 101 cm³/mol. The number of likely N-dealkylation sites (tertiary alicyclic amines) is 1. The average molecular weight is 362 g/mol. The second kappa shape index (κ2) is 8.43. The topological polar surface area (TPSA) is 67.9 Å². The Labute approximate surface area is 155 Å². The van der Waals surface area contributed by atoms with Gasteiger partial charge in [0.2, 0.25) is 5.91 Å². The summed E-state index contributed by atoms with van der Waals surface area (Å²) in [6.07, 6.45) is 2.10. The van der Waals surface area contributed by atoms with Crippen LogP contribution in [0.4, 0.5) is 10.5 Å². The molecule has 26 heavy (non-hydrogen) atoms. The van der Waals surface area contributed by atoms with Gasteiger partial charge in [-0.05, 0) is 78.1 Å². The molecule has 1 aliphatic heterocycles. The van der Waals surface area contributed by atoms with Crippen LogP contribution in [0.5, 0.6) is 5.75 Å². The minimum atomic E-state index is -0.582. The van der Waals surface area contributed by atoms with Gasteiger partial charge in [-0.2, -0.15) is 0 Å². The number of hydrogen-bond donors (Lipinski definition) is 1. The van der Waals surface area contributed by atoms with Gasteiger partial charge in [-0.3, -0.25) is 9.69 Å². The summed E-state index contributed by atoms with van der Waals surface area (Å²) in [6.45, 7) is 9.93. The molecular formula is C20H30N2O4. The van der Waals surface area contributed by atoms with Gasteiger partial charge in [-0.25, -0.2) is 4.79 Å². The van der Waals surface area contributed by atoms with Crippen LogP contribution in [0, 0.1) is 0 Å². The molecule has 144 valence electrons. The van der Waals surface area contributed by atoms with Crippen LogP contribution < -0.4 is 10.1 Å². The number of carbonyl (C=O) groups excluding carboxylic acids is 2. The van der Waals surface area contributed by atoms with Crippen LogP contribution in [-0.4, -0.2) is 41.2 Å². The van der Waals surface area contributed by atoms with Gasteiger partial charge in [0.1, 0.15) is 17.4 Å². The van der Waals surface area contributed by atoms with Crippen LogP contribution in [0.15, 0.2) is 24.3 Å². The number of amides is 2. The lowest BCUT2D eigenvalue weighted by molar-refractivity contribution is -0.122. The maximum absolute atomic E-state index is 12.7. The van der Waals surface area contributed by atoms with Crippen molar-refractivity contribution >= 4 is 17.7 Å². The summed E-state index contributed by atoms with van der Waals surface area (Å²) in [4.78, 5) is 26.7. The van der Waals surface area contributed by atoms with Crippen LogP contribution in [0.3, 0.4) is 0 Å². The van der Waals surface area contributed by atoms with Crippen LogP contribution in [-0.2, 0) is 9.53 Å². The Morgan fingerprint density at radius 2 is 1.81 bits per heavy atom. The standard InChI is InChI=1S/C20H30N2O4/c1-14(2)25-16-11-9-15(10-12-16)21-18(23)17-8-6-7-13-22(17)19(24)26-20(3,4)5/h9-12,14,17H,6-8,13H2,1-5H3,(H,21,23)/t17-/m1/s1. The predicted octanol–water partition coefficient (Wildman–Crippen LogP) is 4.20. The van der Waals surface area contributed by atoms with Crippen molar-refractivity contribution in [2.45, 2.75) is 71.6 Å². The van der Waals surface area contributed by atoms with Crippen LogP contribution in [0.1, 0.15) is 53.9 Å². The van der Waals surface area contributed by atoms with Gasteiger partial charge in [0, 0.05) is 12.2 Å². The van der Waals surface area contributed by atoms with E-state index in [1.54, 1.807) is 17.0 Å². The fourth-order valence-corrected chi connectivity index (χ4v) is 2.86. The molecule has 0 radical (unpaired) electrons. The van der Waals surface area contributed by atoms with Gasteiger partial charge in [0.25, 0.3) is 0 Å². The zero-order valence-corrected chi connectivity index (χ0v) is 16.4. The van der Waals surface area contributed by atoms with E-state index in [1.807, 2.05) is 46.8 Å². The Bertz CT molecular complexity index is 620. The molecular weight excluding hydrogens is 332 g/mol. The average Bonchev–Trinajstić information content (AvgIpc) is 2.54. The third-order valence-electron chi connectivity index (χ3n) is 3.93. The first kappa shape index (κ1) is 20.1. The van der Waals surface area contributed by atoms with Gasteiger partial charge in [-0.15, -0.1) is 0 Å². The van der Waals surface area contributed by atoms with Crippen LogP contribution >= 0.6 is 0 Å². The third kappa shape index (κ3) is 5.93. The lowest BCUT2D eigenvalue weighted by atomic mass is 10.0. The zero-order valence-electron chi connectivity index (χ0n) is 16.4. The van der Waals surface area contributed by atoms with E-state index in [-0.39, 0.29) is 12.0 Å². The summed E-state index contributed by atoms with van der Waals surface area (Å²) in [5, 5.41) is 2.90. The lowest BCUT2D eigenvalue weighted by Crippen LogP contribution is -2.51. The molecule has 0 saturated carbocycles. The number of nitrogens with zero attached hydrogens (tertiary/aromatic N) is 1. The number of hydrogen-bond acceptors (Lipinski definition) is 4. The van der Waals surface area contributed by atoms with Gasteiger partial charge >= 0.3 is 6.09 Å². The molecule has 1 aromatic carbocycles. The van der Waals surface area contributed by atoms with Crippen molar-refractivity contribution in [3.05, 3.63) is 24.3 Å². The highest BCUT2D eigenvalue weighted by Gasteiger charge is 2.34. The Hall–Kier alpha value is -2.24. The highest BCUT2D eigenvalue weighted by molar-refractivity contribution is 5.96. The zero-order chi connectivity index (χ0) is 19.3. The SMILES string of the molecule is CC(C)Oc1ccc(NC(=O)[C@H]2CCCCN2C(=O)OC(C)(C)C)cc1. The minimum absolute atomic E-state index is 0.0973. The van der Waals surface area contributed by atoms with Crippen molar-refractivity contribution in [2.24, 2.45) is 0 Å².